The molecule has 0 saturated heterocycles. The van der Waals surface area contributed by atoms with Crippen LogP contribution in [0.3, 0.4) is 0 Å². The van der Waals surface area contributed by atoms with E-state index in [9.17, 15) is 0 Å². The molecule has 5 aromatic carbocycles. The summed E-state index contributed by atoms with van der Waals surface area (Å²) in [4.78, 5) is 5.18. The Morgan fingerprint density at radius 1 is 0.667 bits per heavy atom. The van der Waals surface area contributed by atoms with Gasteiger partial charge in [-0.2, -0.15) is 0 Å². The summed E-state index contributed by atoms with van der Waals surface area (Å²) in [5, 5.41) is 2.25. The average Bonchev–Trinajstić information content (AvgIpc) is 3.78. The van der Waals surface area contributed by atoms with E-state index in [0.29, 0.717) is 11.5 Å². The van der Waals surface area contributed by atoms with E-state index < -0.39 is 0 Å². The molecular weight excluding hydrogens is 952 g/mol. The zero-order valence-corrected chi connectivity index (χ0v) is 39.8. The molecule has 0 fully saturated rings. The number of hydrogen-bond donors (Lipinski definition) is 0. The number of imidazole rings is 1. The smallest absolute Gasteiger partial charge is 0.0579 e. The van der Waals surface area contributed by atoms with Crippen LogP contribution in [-0.4, -0.2) is 18.5 Å². The molecule has 0 saturated carbocycles. The number of aryl methyl sites for hydroxylation is 4. The van der Waals surface area contributed by atoms with Gasteiger partial charge in [0.25, 0.3) is 0 Å². The first-order valence-corrected chi connectivity index (χ1v) is 23.4. The number of rotatable bonds is 6. The van der Waals surface area contributed by atoms with Gasteiger partial charge in [0.2, 0.25) is 0 Å². The number of ether oxygens (including phenoxy) is 1. The molecule has 2 aliphatic carbocycles. The summed E-state index contributed by atoms with van der Waals surface area (Å²) in [5.74, 6) is 2.43. The summed E-state index contributed by atoms with van der Waals surface area (Å²) in [6.45, 7) is 18.1. The zero-order valence-electron chi connectivity index (χ0n) is 37.5. The molecule has 5 nitrogen and oxygen atoms in total. The van der Waals surface area contributed by atoms with Crippen molar-refractivity contribution >= 4 is 27.3 Å². The summed E-state index contributed by atoms with van der Waals surface area (Å²) in [6, 6.07) is 49.7. The fourth-order valence-electron chi connectivity index (χ4n) is 9.16. The normalized spacial score (nSPS) is 13.4. The first kappa shape index (κ1) is 41.3. The Bertz CT molecular complexity index is 3260. The van der Waals surface area contributed by atoms with Gasteiger partial charge in [-0.1, -0.05) is 71.0 Å². The fraction of sp³-hybridized carbons (Fsp3) is 0.263. The van der Waals surface area contributed by atoms with Crippen LogP contribution in [0.15, 0.2) is 128 Å². The van der Waals surface area contributed by atoms with Gasteiger partial charge in [-0.3, -0.25) is 0 Å². The van der Waals surface area contributed by atoms with Crippen LogP contribution >= 0.6 is 0 Å². The molecule has 0 radical (unpaired) electrons. The van der Waals surface area contributed by atoms with E-state index in [1.807, 2.05) is 6.07 Å². The Balaban J connectivity index is 1.06. The van der Waals surface area contributed by atoms with Gasteiger partial charge < -0.3 is 0 Å². The van der Waals surface area contributed by atoms with Gasteiger partial charge in [0, 0.05) is 11.8 Å². The Morgan fingerprint density at radius 3 is 2.10 bits per heavy atom. The third kappa shape index (κ3) is 7.73. The molecule has 0 unspecified atom stereocenters. The number of benzene rings is 5. The van der Waals surface area contributed by atoms with Crippen molar-refractivity contribution in [2.45, 2.75) is 97.8 Å². The second-order valence-corrected chi connectivity index (χ2v) is 20.7. The van der Waals surface area contributed by atoms with Crippen LogP contribution < -0.4 is 4.74 Å². The van der Waals surface area contributed by atoms with Crippen LogP contribution in [0.2, 0.25) is 0 Å². The van der Waals surface area contributed by atoms with E-state index in [1.54, 1.807) is 0 Å². The van der Waals surface area contributed by atoms with Crippen molar-refractivity contribution in [3.8, 4) is 34.1 Å². The van der Waals surface area contributed by atoms with E-state index in [0.717, 1.165) is 68.4 Å². The van der Waals surface area contributed by atoms with Crippen molar-refractivity contribution in [3.05, 3.63) is 183 Å². The molecule has 0 atom stereocenters. The topological polar surface area (TPSA) is 36.4 Å². The SMILES string of the molecule is CC(C)c1cc(-n2c3[c-]c(Oc4[c-]c(-n5cc6c7ccc(n6[c]5=[Pt])CCc5ccc(cc5)CC7)cc(C(C)(C)C)c4)ccc3c3ccccc32)ncc1-c1ccc(C(C)(C)C)cc1. The number of nitrogens with zero attached hydrogens (tertiary/aromatic N) is 4. The second kappa shape index (κ2) is 15.8. The molecule has 4 aromatic heterocycles. The maximum atomic E-state index is 6.86. The quantitative estimate of drug-likeness (QED) is 0.156. The van der Waals surface area contributed by atoms with E-state index in [4.69, 9.17) is 9.72 Å². The minimum absolute atomic E-state index is 0.0929. The first-order valence-electron chi connectivity index (χ1n) is 22.3. The fourth-order valence-corrected chi connectivity index (χ4v) is 10.2. The molecule has 0 N–H and O–H groups in total. The van der Waals surface area contributed by atoms with Gasteiger partial charge in [-0.15, -0.1) is 0 Å². The predicted octanol–water partition coefficient (Wildman–Crippen LogP) is 14.0. The van der Waals surface area contributed by atoms with Crippen LogP contribution in [0.25, 0.3) is 50.0 Å². The summed E-state index contributed by atoms with van der Waals surface area (Å²) >= 11 is 2.50. The van der Waals surface area contributed by atoms with Gasteiger partial charge in [-0.05, 0) is 28.0 Å². The van der Waals surface area contributed by atoms with Crippen LogP contribution in [0.1, 0.15) is 100 Å². The molecule has 9 aromatic rings. The molecule has 0 spiro atoms. The monoisotopic (exact) mass is 1010 g/mol. The number of pyridine rings is 2. The van der Waals surface area contributed by atoms with Gasteiger partial charge in [-0.25, -0.2) is 0 Å². The summed E-state index contributed by atoms with van der Waals surface area (Å²) in [5.41, 5.74) is 15.7. The average molecular weight is 1010 g/mol. The zero-order chi connectivity index (χ0) is 43.8. The Hall–Kier alpha value is -5.77. The summed E-state index contributed by atoms with van der Waals surface area (Å²) < 4.78 is 15.0. The van der Waals surface area contributed by atoms with Crippen molar-refractivity contribution in [1.82, 2.24) is 18.5 Å². The van der Waals surface area contributed by atoms with Crippen LogP contribution in [0.4, 0.5) is 0 Å². The van der Waals surface area contributed by atoms with Crippen molar-refractivity contribution in [2.24, 2.45) is 0 Å². The minimum Gasteiger partial charge on any atom is -0.0579 e. The Labute approximate surface area is 382 Å². The molecule has 4 bridgehead atoms. The van der Waals surface area contributed by atoms with E-state index in [2.05, 4.69) is 222 Å². The molecule has 6 heterocycles. The predicted molar refractivity (Wildman–Crippen MR) is 254 cm³/mol. The third-order valence-corrected chi connectivity index (χ3v) is 13.9. The van der Waals surface area contributed by atoms with Crippen molar-refractivity contribution in [2.75, 3.05) is 0 Å². The van der Waals surface area contributed by atoms with Gasteiger partial charge in [0.05, 0.1) is 0 Å². The molecule has 320 valence electrons. The molecule has 13 rings (SSSR count). The van der Waals surface area contributed by atoms with E-state index in [-0.39, 0.29) is 16.7 Å². The van der Waals surface area contributed by atoms with Crippen LogP contribution in [-0.2, 0) is 55.9 Å². The molecule has 2 aliphatic heterocycles. The Morgan fingerprint density at radius 2 is 1.38 bits per heavy atom. The van der Waals surface area contributed by atoms with E-state index in [1.165, 1.54) is 50.2 Å². The summed E-state index contributed by atoms with van der Waals surface area (Å²) in [6.07, 6.45) is 8.29. The number of para-hydroxylation sites is 1. The first-order chi connectivity index (χ1) is 30.2. The molecule has 4 aliphatic rings. The van der Waals surface area contributed by atoms with Gasteiger partial charge in [0.15, 0.2) is 0 Å². The number of aromatic nitrogens is 4. The summed E-state index contributed by atoms with van der Waals surface area (Å²) in [7, 11) is 0. The number of fused-ring (bicyclic) bond motifs is 3. The molecule has 0 amide bonds. The molecule has 6 heteroatoms. The van der Waals surface area contributed by atoms with Gasteiger partial charge in [0.1, 0.15) is 0 Å². The van der Waals surface area contributed by atoms with Crippen molar-refractivity contribution < 1.29 is 24.1 Å². The third-order valence-electron chi connectivity index (χ3n) is 12.9. The standard InChI is InChI=1S/C57H54N4O.Pt/c1-37(2)50-33-55(58-34-51(50)40-20-23-42(24-21-40)56(3,4)5)61-52-12-10-9-11-48(52)49-28-27-46(32-53(49)61)62-47-30-43(57(6,7)8)29-45(31-47)59-35-54-41-19-17-38-13-15-39(16-14-38)18-25-44(26-22-41)60(54)36-59;/h9-16,20-24,26-30,33-35,37H,17-19,25H2,1-8H3;/q-2;. The number of hydrogen-bond acceptors (Lipinski definition) is 2. The minimum atomic E-state index is -0.132. The second-order valence-electron chi connectivity index (χ2n) is 19.6. The maximum absolute atomic E-state index is 6.86. The molecule has 63 heavy (non-hydrogen) atoms. The molecular formula is C57H54N4OPt-2. The van der Waals surface area contributed by atoms with Crippen molar-refractivity contribution in [3.63, 3.8) is 0 Å². The van der Waals surface area contributed by atoms with E-state index >= 15 is 0 Å². The Kier molecular flexibility index (Phi) is 10.3. The van der Waals surface area contributed by atoms with Crippen molar-refractivity contribution in [1.29, 1.82) is 0 Å². The van der Waals surface area contributed by atoms with Crippen LogP contribution in [0.5, 0.6) is 11.5 Å². The van der Waals surface area contributed by atoms with Gasteiger partial charge >= 0.3 is 274 Å². The van der Waals surface area contributed by atoms with Crippen LogP contribution in [0, 0.1) is 15.9 Å².